The number of hydrogen-bond acceptors (Lipinski definition) is 2. The first kappa shape index (κ1) is 20.9. The Bertz CT molecular complexity index is 1070. The minimum atomic E-state index is -4.93. The third-order valence-electron chi connectivity index (χ3n) is 6.09. The molecule has 3 nitrogen and oxygen atoms in total. The van der Waals surface area contributed by atoms with E-state index in [1.807, 2.05) is 32.2 Å². The monoisotopic (exact) mass is 420 g/mol. The van der Waals surface area contributed by atoms with E-state index >= 15 is 0 Å². The predicted octanol–water partition coefficient (Wildman–Crippen LogP) is 4.57. The Morgan fingerprint density at radius 1 is 1.00 bits per heavy atom. The molecule has 1 aromatic heterocycles. The lowest BCUT2D eigenvalue weighted by Gasteiger charge is -2.32. The quantitative estimate of drug-likeness (QED) is 0.629. The number of hydrogen-bond donors (Lipinski definition) is 1. The maximum atomic E-state index is 14.2. The van der Waals surface area contributed by atoms with Gasteiger partial charge in [-0.25, -0.2) is 4.39 Å². The number of fused-ring (bicyclic) bond motifs is 3. The molecule has 0 saturated carbocycles. The van der Waals surface area contributed by atoms with Crippen LogP contribution in [-0.4, -0.2) is 40.9 Å². The zero-order valence-corrected chi connectivity index (χ0v) is 16.9. The topological polar surface area (TPSA) is 28.4 Å². The third-order valence-corrected chi connectivity index (χ3v) is 6.09. The normalized spacial score (nSPS) is 17.6. The average Bonchev–Trinajstić information content (AvgIpc) is 2.81. The second-order valence-corrected chi connectivity index (χ2v) is 8.20. The Labute approximate surface area is 172 Å². The molecule has 0 bridgehead atoms. The van der Waals surface area contributed by atoms with Crippen molar-refractivity contribution in [2.24, 2.45) is 0 Å². The van der Waals surface area contributed by atoms with Gasteiger partial charge >= 0.3 is 6.18 Å². The van der Waals surface area contributed by atoms with Crippen molar-refractivity contribution in [3.8, 4) is 0 Å². The van der Waals surface area contributed by atoms with Crippen LogP contribution in [0.15, 0.2) is 42.5 Å². The average molecular weight is 420 g/mol. The number of benzene rings is 2. The van der Waals surface area contributed by atoms with Crippen molar-refractivity contribution in [1.29, 1.82) is 0 Å². The number of nitrogens with zero attached hydrogens (tertiary/aromatic N) is 2. The van der Waals surface area contributed by atoms with Crippen LogP contribution in [0.5, 0.6) is 0 Å². The maximum absolute atomic E-state index is 14.2. The van der Waals surface area contributed by atoms with Gasteiger partial charge in [-0.2, -0.15) is 13.2 Å². The molecule has 2 heterocycles. The van der Waals surface area contributed by atoms with Gasteiger partial charge in [-0.1, -0.05) is 23.8 Å². The van der Waals surface area contributed by atoms with Crippen LogP contribution in [0.1, 0.15) is 22.4 Å². The highest BCUT2D eigenvalue weighted by Gasteiger charge is 2.55. The first-order valence-corrected chi connectivity index (χ1v) is 9.94. The van der Waals surface area contributed by atoms with Crippen molar-refractivity contribution in [3.63, 3.8) is 0 Å². The molecule has 1 atom stereocenters. The molecule has 1 unspecified atom stereocenters. The van der Waals surface area contributed by atoms with Gasteiger partial charge < -0.3 is 14.6 Å². The van der Waals surface area contributed by atoms with Crippen LogP contribution in [-0.2, 0) is 25.0 Å². The Morgan fingerprint density at radius 2 is 1.67 bits per heavy atom. The Hall–Kier alpha value is -2.38. The molecule has 0 aliphatic carbocycles. The summed E-state index contributed by atoms with van der Waals surface area (Å²) in [4.78, 5) is 2.15. The number of aliphatic hydroxyl groups is 1. The summed E-state index contributed by atoms with van der Waals surface area (Å²) in [5.74, 6) is -0.651. The molecular formula is C23H24F4N2O. The first-order valence-electron chi connectivity index (χ1n) is 9.94. The molecule has 3 aromatic rings. The molecule has 7 heteroatoms. The van der Waals surface area contributed by atoms with Gasteiger partial charge in [0.2, 0.25) is 5.60 Å². The van der Waals surface area contributed by atoms with Crippen molar-refractivity contribution < 1.29 is 22.7 Å². The van der Waals surface area contributed by atoms with Gasteiger partial charge in [-0.05, 0) is 55.8 Å². The SMILES string of the molecule is Cc1ccc2c(c1)c1c(n2CC(O)(c2ccc(F)cc2)C(F)(F)F)CCN(C)CC1. The summed E-state index contributed by atoms with van der Waals surface area (Å²) in [5, 5.41) is 11.9. The number of aromatic nitrogens is 1. The second kappa shape index (κ2) is 7.39. The number of alkyl halides is 3. The molecule has 1 N–H and O–H groups in total. The van der Waals surface area contributed by atoms with Crippen molar-refractivity contribution in [3.05, 3.63) is 70.7 Å². The largest absolute Gasteiger partial charge is 0.423 e. The molecule has 1 aliphatic rings. The van der Waals surface area contributed by atoms with Gasteiger partial charge in [0.1, 0.15) is 5.82 Å². The zero-order valence-electron chi connectivity index (χ0n) is 16.9. The van der Waals surface area contributed by atoms with E-state index in [0.717, 1.165) is 66.0 Å². The molecule has 0 spiro atoms. The number of aryl methyl sites for hydroxylation is 1. The minimum absolute atomic E-state index is 0.371. The van der Waals surface area contributed by atoms with Crippen LogP contribution < -0.4 is 0 Å². The van der Waals surface area contributed by atoms with Crippen LogP contribution in [0, 0.1) is 12.7 Å². The molecule has 30 heavy (non-hydrogen) atoms. The van der Waals surface area contributed by atoms with Crippen LogP contribution >= 0.6 is 0 Å². The standard InChI is InChI=1S/C23H24F4N2O/c1-15-3-8-20-19(13-15)18-9-11-28(2)12-10-21(18)29(20)14-22(30,23(25,26)27)16-4-6-17(24)7-5-16/h3-8,13,30H,9-12,14H2,1-2H3. The molecule has 0 saturated heterocycles. The lowest BCUT2D eigenvalue weighted by molar-refractivity contribution is -0.271. The summed E-state index contributed by atoms with van der Waals surface area (Å²) in [6.07, 6.45) is -3.60. The number of rotatable bonds is 3. The highest BCUT2D eigenvalue weighted by molar-refractivity contribution is 5.86. The molecule has 4 rings (SSSR count). The van der Waals surface area contributed by atoms with Gasteiger partial charge in [0.05, 0.1) is 6.54 Å². The summed E-state index contributed by atoms with van der Waals surface area (Å²) in [5.41, 5.74) is 0.0737. The Morgan fingerprint density at radius 3 is 2.33 bits per heavy atom. The van der Waals surface area contributed by atoms with Crippen LogP contribution in [0.3, 0.4) is 0 Å². The minimum Gasteiger partial charge on any atom is -0.375 e. The number of likely N-dealkylation sites (N-methyl/N-ethyl adjacent to an activating group) is 1. The summed E-state index contributed by atoms with van der Waals surface area (Å²) in [7, 11) is 1.99. The van der Waals surface area contributed by atoms with Crippen LogP contribution in [0.25, 0.3) is 10.9 Å². The fraction of sp³-hybridized carbons (Fsp3) is 0.391. The van der Waals surface area contributed by atoms with E-state index in [1.165, 1.54) is 0 Å². The molecule has 0 fully saturated rings. The van der Waals surface area contributed by atoms with Gasteiger partial charge in [0.15, 0.2) is 0 Å². The van der Waals surface area contributed by atoms with E-state index in [0.29, 0.717) is 11.9 Å². The molecule has 2 aromatic carbocycles. The van der Waals surface area contributed by atoms with E-state index in [9.17, 15) is 22.7 Å². The Kier molecular flexibility index (Phi) is 5.14. The fourth-order valence-electron chi connectivity index (χ4n) is 4.35. The van der Waals surface area contributed by atoms with Crippen molar-refractivity contribution in [1.82, 2.24) is 9.47 Å². The zero-order chi connectivity index (χ0) is 21.7. The molecule has 0 amide bonds. The van der Waals surface area contributed by atoms with Gasteiger partial charge in [-0.3, -0.25) is 0 Å². The van der Waals surface area contributed by atoms with Gasteiger partial charge in [-0.15, -0.1) is 0 Å². The highest BCUT2D eigenvalue weighted by atomic mass is 19.4. The molecule has 1 aliphatic heterocycles. The molecule has 160 valence electrons. The smallest absolute Gasteiger partial charge is 0.375 e. The van der Waals surface area contributed by atoms with Gasteiger partial charge in [0, 0.05) is 36.1 Å². The lowest BCUT2D eigenvalue weighted by atomic mass is 9.92. The van der Waals surface area contributed by atoms with Crippen molar-refractivity contribution >= 4 is 10.9 Å². The maximum Gasteiger partial charge on any atom is 0.423 e. The second-order valence-electron chi connectivity index (χ2n) is 8.20. The third kappa shape index (κ3) is 3.50. The van der Waals surface area contributed by atoms with Crippen LogP contribution in [0.2, 0.25) is 0 Å². The van der Waals surface area contributed by atoms with E-state index in [1.54, 1.807) is 4.57 Å². The summed E-state index contributed by atoms with van der Waals surface area (Å²) in [6.45, 7) is 2.82. The fourth-order valence-corrected chi connectivity index (χ4v) is 4.35. The van der Waals surface area contributed by atoms with Gasteiger partial charge in [0.25, 0.3) is 0 Å². The Balaban J connectivity index is 1.90. The summed E-state index contributed by atoms with van der Waals surface area (Å²) in [6, 6.07) is 9.59. The molecular weight excluding hydrogens is 396 g/mol. The van der Waals surface area contributed by atoms with E-state index in [4.69, 9.17) is 0 Å². The first-order chi connectivity index (χ1) is 14.1. The predicted molar refractivity (Wildman–Crippen MR) is 108 cm³/mol. The highest BCUT2D eigenvalue weighted by Crippen LogP contribution is 2.42. The lowest BCUT2D eigenvalue weighted by Crippen LogP contribution is -2.46. The summed E-state index contributed by atoms with van der Waals surface area (Å²) >= 11 is 0. The number of halogens is 4. The van der Waals surface area contributed by atoms with E-state index in [2.05, 4.69) is 4.90 Å². The van der Waals surface area contributed by atoms with E-state index < -0.39 is 24.1 Å². The van der Waals surface area contributed by atoms with Crippen molar-refractivity contribution in [2.45, 2.75) is 38.1 Å². The van der Waals surface area contributed by atoms with E-state index in [-0.39, 0.29) is 5.56 Å². The van der Waals surface area contributed by atoms with Crippen LogP contribution in [0.4, 0.5) is 17.6 Å². The summed E-state index contributed by atoms with van der Waals surface area (Å²) < 4.78 is 57.4. The van der Waals surface area contributed by atoms with Crippen molar-refractivity contribution in [2.75, 3.05) is 20.1 Å². The molecule has 0 radical (unpaired) electrons.